The number of hydrogen-bond donors (Lipinski definition) is 0. The van der Waals surface area contributed by atoms with Gasteiger partial charge in [-0.3, -0.25) is 0 Å². The van der Waals surface area contributed by atoms with Crippen LogP contribution in [0, 0.1) is 0 Å². The average molecular weight is 239 g/mol. The summed E-state index contributed by atoms with van der Waals surface area (Å²) in [7, 11) is 0. The number of esters is 1. The van der Waals surface area contributed by atoms with Crippen LogP contribution < -0.4 is 0 Å². The van der Waals surface area contributed by atoms with Crippen LogP contribution in [0.1, 0.15) is 0 Å². The number of rotatable bonds is 3. The molecule has 0 aliphatic carbocycles. The van der Waals surface area contributed by atoms with Crippen molar-refractivity contribution in [1.29, 1.82) is 0 Å². The third-order valence-electron chi connectivity index (χ3n) is 0.605. The van der Waals surface area contributed by atoms with Crippen molar-refractivity contribution in [3.8, 4) is 0 Å². The van der Waals surface area contributed by atoms with E-state index in [1.54, 1.807) is 0 Å². The molecule has 0 aromatic carbocycles. The molecule has 0 fully saturated rings. The molecule has 2 atom stereocenters. The maximum Gasteiger partial charge on any atom is 0.354 e. The summed E-state index contributed by atoms with van der Waals surface area (Å²) >= 11 is 2.06. The second kappa shape index (κ2) is 4.53. The molecule has 0 amide bonds. The zero-order chi connectivity index (χ0) is 9.02. The smallest absolute Gasteiger partial charge is 0.354 e. The fourth-order valence-corrected chi connectivity index (χ4v) is 0.322. The standard InChI is InChI=1S/C4H3BrF4O2/c5-1(6)4(10)11-3(9)2(7)8/h1-3H. The fraction of sp³-hybridized carbons (Fsp3) is 0.750. The van der Waals surface area contributed by atoms with Crippen LogP contribution in [0.4, 0.5) is 17.6 Å². The SMILES string of the molecule is O=C(OC(F)C(F)F)C(F)Br. The normalized spacial score (nSPS) is 16.2. The Morgan fingerprint density at radius 3 is 2.00 bits per heavy atom. The van der Waals surface area contributed by atoms with Gasteiger partial charge in [0.15, 0.2) is 0 Å². The number of hydrogen-bond acceptors (Lipinski definition) is 2. The minimum atomic E-state index is -3.45. The van der Waals surface area contributed by atoms with Crippen molar-refractivity contribution in [2.45, 2.75) is 17.9 Å². The molecule has 0 aromatic rings. The molecular weight excluding hydrogens is 236 g/mol. The van der Waals surface area contributed by atoms with Gasteiger partial charge in [0, 0.05) is 0 Å². The lowest BCUT2D eigenvalue weighted by Crippen LogP contribution is -2.24. The Morgan fingerprint density at radius 2 is 1.73 bits per heavy atom. The molecule has 11 heavy (non-hydrogen) atoms. The van der Waals surface area contributed by atoms with Crippen LogP contribution >= 0.6 is 15.9 Å². The highest BCUT2D eigenvalue weighted by atomic mass is 79.9. The summed E-state index contributed by atoms with van der Waals surface area (Å²) in [5.74, 6) is -1.71. The van der Waals surface area contributed by atoms with E-state index in [0.717, 1.165) is 0 Å². The molecule has 0 bridgehead atoms. The van der Waals surface area contributed by atoms with E-state index in [4.69, 9.17) is 0 Å². The van der Waals surface area contributed by atoms with Gasteiger partial charge in [0.25, 0.3) is 5.08 Å². The molecular formula is C4H3BrF4O2. The highest BCUT2D eigenvalue weighted by Gasteiger charge is 2.26. The van der Waals surface area contributed by atoms with Crippen LogP contribution in [0.15, 0.2) is 0 Å². The van der Waals surface area contributed by atoms with E-state index in [9.17, 15) is 22.4 Å². The first-order chi connectivity index (χ1) is 4.95. The minimum absolute atomic E-state index is 1.71. The van der Waals surface area contributed by atoms with E-state index in [1.165, 1.54) is 0 Å². The van der Waals surface area contributed by atoms with Gasteiger partial charge in [-0.05, 0) is 15.9 Å². The van der Waals surface area contributed by atoms with Gasteiger partial charge in [-0.1, -0.05) is 0 Å². The zero-order valence-electron chi connectivity index (χ0n) is 4.94. The number of carbonyl (C=O) groups is 1. The maximum atomic E-state index is 11.8. The summed E-state index contributed by atoms with van der Waals surface area (Å²) in [6.07, 6.45) is -6.52. The summed E-state index contributed by atoms with van der Waals surface area (Å²) in [5, 5.41) is -2.28. The van der Waals surface area contributed by atoms with E-state index in [-0.39, 0.29) is 0 Å². The molecule has 2 nitrogen and oxygen atoms in total. The molecule has 0 aromatic heterocycles. The second-order valence-electron chi connectivity index (χ2n) is 1.42. The summed E-state index contributed by atoms with van der Waals surface area (Å²) in [4.78, 5) is 10.0. The van der Waals surface area contributed by atoms with Crippen molar-refractivity contribution in [2.75, 3.05) is 0 Å². The van der Waals surface area contributed by atoms with Crippen molar-refractivity contribution in [3.05, 3.63) is 0 Å². The molecule has 0 heterocycles. The van der Waals surface area contributed by atoms with Crippen molar-refractivity contribution in [2.24, 2.45) is 0 Å². The Bertz CT molecular complexity index is 140. The number of alkyl halides is 5. The average Bonchev–Trinajstić information content (AvgIpc) is 1.87. The monoisotopic (exact) mass is 238 g/mol. The molecule has 0 aliphatic rings. The van der Waals surface area contributed by atoms with Crippen LogP contribution in [-0.2, 0) is 9.53 Å². The van der Waals surface area contributed by atoms with E-state index in [1.807, 2.05) is 0 Å². The van der Waals surface area contributed by atoms with Gasteiger partial charge in [-0.2, -0.15) is 4.39 Å². The van der Waals surface area contributed by atoms with E-state index >= 15 is 0 Å². The highest BCUT2D eigenvalue weighted by molar-refractivity contribution is 9.09. The first-order valence-electron chi connectivity index (χ1n) is 2.36. The lowest BCUT2D eigenvalue weighted by atomic mass is 10.7. The Kier molecular flexibility index (Phi) is 4.39. The summed E-state index contributed by atoms with van der Waals surface area (Å²) in [6, 6.07) is 0. The lowest BCUT2D eigenvalue weighted by Gasteiger charge is -2.07. The van der Waals surface area contributed by atoms with Gasteiger partial charge in [0.05, 0.1) is 0 Å². The molecule has 0 saturated heterocycles. The van der Waals surface area contributed by atoms with E-state index < -0.39 is 23.8 Å². The number of halogens is 5. The first-order valence-corrected chi connectivity index (χ1v) is 3.27. The third-order valence-corrected chi connectivity index (χ3v) is 0.979. The second-order valence-corrected chi connectivity index (χ2v) is 2.23. The van der Waals surface area contributed by atoms with Gasteiger partial charge in [-0.15, -0.1) is 0 Å². The Balaban J connectivity index is 3.76. The van der Waals surface area contributed by atoms with Crippen molar-refractivity contribution in [1.82, 2.24) is 0 Å². The van der Waals surface area contributed by atoms with Gasteiger partial charge in [0.1, 0.15) is 0 Å². The molecule has 0 radical (unpaired) electrons. The molecule has 0 saturated carbocycles. The van der Waals surface area contributed by atoms with E-state index in [2.05, 4.69) is 20.7 Å². The lowest BCUT2D eigenvalue weighted by molar-refractivity contribution is -0.176. The summed E-state index contributed by atoms with van der Waals surface area (Å²) < 4.78 is 49.3. The molecule has 2 unspecified atom stereocenters. The minimum Gasteiger partial charge on any atom is -0.422 e. The summed E-state index contributed by atoms with van der Waals surface area (Å²) in [6.45, 7) is 0. The van der Waals surface area contributed by atoms with Gasteiger partial charge < -0.3 is 4.74 Å². The van der Waals surface area contributed by atoms with Gasteiger partial charge in [0.2, 0.25) is 0 Å². The van der Waals surface area contributed by atoms with Crippen LogP contribution in [0.25, 0.3) is 0 Å². The molecule has 0 rings (SSSR count). The summed E-state index contributed by atoms with van der Waals surface area (Å²) in [5.41, 5.74) is 0. The molecule has 0 aliphatic heterocycles. The third kappa shape index (κ3) is 4.18. The first kappa shape index (κ1) is 10.7. The molecule has 0 N–H and O–H groups in total. The van der Waals surface area contributed by atoms with E-state index in [0.29, 0.717) is 0 Å². The number of carbonyl (C=O) groups excluding carboxylic acids is 1. The molecule has 66 valence electrons. The van der Waals surface area contributed by atoms with Crippen molar-refractivity contribution in [3.63, 3.8) is 0 Å². The van der Waals surface area contributed by atoms with Crippen LogP contribution in [0.3, 0.4) is 0 Å². The quantitative estimate of drug-likeness (QED) is 0.426. The highest BCUT2D eigenvalue weighted by Crippen LogP contribution is 2.11. The Hall–Kier alpha value is -0.330. The van der Waals surface area contributed by atoms with Crippen molar-refractivity contribution >= 4 is 21.9 Å². The number of ether oxygens (including phenoxy) is 1. The van der Waals surface area contributed by atoms with Crippen LogP contribution in [0.2, 0.25) is 0 Å². The van der Waals surface area contributed by atoms with Crippen LogP contribution in [0.5, 0.6) is 0 Å². The Morgan fingerprint density at radius 1 is 1.27 bits per heavy atom. The predicted octanol–water partition coefficient (Wildman–Crippen LogP) is 1.78. The van der Waals surface area contributed by atoms with Crippen molar-refractivity contribution < 1.29 is 27.1 Å². The topological polar surface area (TPSA) is 26.3 Å². The van der Waals surface area contributed by atoms with Gasteiger partial charge in [-0.25, -0.2) is 18.0 Å². The molecule has 0 spiro atoms. The Labute approximate surface area is 67.6 Å². The zero-order valence-corrected chi connectivity index (χ0v) is 6.52. The fourth-order valence-electron chi connectivity index (χ4n) is 0.214. The molecule has 7 heteroatoms. The van der Waals surface area contributed by atoms with Gasteiger partial charge >= 0.3 is 18.8 Å². The largest absolute Gasteiger partial charge is 0.422 e. The predicted molar refractivity (Wildman–Crippen MR) is 30.8 cm³/mol. The van der Waals surface area contributed by atoms with Crippen LogP contribution in [-0.4, -0.2) is 23.8 Å². The maximum absolute atomic E-state index is 11.8.